The van der Waals surface area contributed by atoms with Crippen LogP contribution in [0.25, 0.3) is 16.6 Å². The Morgan fingerprint density at radius 3 is 2.52 bits per heavy atom. The SMILES string of the molecule is CCc1nc2cnc(F)cc2c(=O)n1-c1ccc(OC2CCN(C3CCC3)CC2)cc1. The summed E-state index contributed by atoms with van der Waals surface area (Å²) < 4.78 is 21.3. The smallest absolute Gasteiger partial charge is 0.266 e. The molecular weight excluding hydrogens is 395 g/mol. The first-order valence-corrected chi connectivity index (χ1v) is 11.2. The average Bonchev–Trinajstić information content (AvgIpc) is 2.75. The van der Waals surface area contributed by atoms with Crippen molar-refractivity contribution in [3.8, 4) is 11.4 Å². The molecule has 7 heteroatoms. The third-order valence-electron chi connectivity index (χ3n) is 6.57. The van der Waals surface area contributed by atoms with Gasteiger partial charge in [0.05, 0.1) is 22.8 Å². The monoisotopic (exact) mass is 422 g/mol. The van der Waals surface area contributed by atoms with E-state index >= 15 is 0 Å². The van der Waals surface area contributed by atoms with Crippen molar-refractivity contribution in [2.75, 3.05) is 13.1 Å². The zero-order valence-electron chi connectivity index (χ0n) is 17.8. The molecule has 2 aromatic heterocycles. The standard InChI is InChI=1S/C24H27FN4O2/c1-2-23-27-21-15-26-22(25)14-20(21)24(30)29(23)17-6-8-18(9-7-17)31-19-10-12-28(13-11-19)16-4-3-5-16/h6-9,14-16,19H,2-5,10-13H2,1H3. The molecule has 3 aromatic rings. The van der Waals surface area contributed by atoms with Gasteiger partial charge < -0.3 is 9.64 Å². The van der Waals surface area contributed by atoms with Crippen molar-refractivity contribution in [3.05, 3.63) is 58.7 Å². The highest BCUT2D eigenvalue weighted by molar-refractivity contribution is 5.76. The van der Waals surface area contributed by atoms with Crippen LogP contribution in [-0.2, 0) is 6.42 Å². The number of aryl methyl sites for hydroxylation is 1. The van der Waals surface area contributed by atoms with Crippen LogP contribution in [-0.4, -0.2) is 44.7 Å². The van der Waals surface area contributed by atoms with Crippen LogP contribution in [0.2, 0.25) is 0 Å². The molecular formula is C24H27FN4O2. The van der Waals surface area contributed by atoms with Gasteiger partial charge in [0, 0.05) is 31.6 Å². The molecule has 6 nitrogen and oxygen atoms in total. The van der Waals surface area contributed by atoms with Crippen LogP contribution < -0.4 is 10.3 Å². The van der Waals surface area contributed by atoms with Crippen LogP contribution in [0.4, 0.5) is 4.39 Å². The van der Waals surface area contributed by atoms with Gasteiger partial charge in [-0.1, -0.05) is 13.3 Å². The zero-order valence-corrected chi connectivity index (χ0v) is 17.8. The van der Waals surface area contributed by atoms with Crippen molar-refractivity contribution < 1.29 is 9.13 Å². The van der Waals surface area contributed by atoms with Gasteiger partial charge >= 0.3 is 0 Å². The van der Waals surface area contributed by atoms with Gasteiger partial charge in [-0.2, -0.15) is 4.39 Å². The predicted molar refractivity (Wildman–Crippen MR) is 117 cm³/mol. The predicted octanol–water partition coefficient (Wildman–Crippen LogP) is 3.88. The minimum atomic E-state index is -0.686. The van der Waals surface area contributed by atoms with Crippen LogP contribution in [0.15, 0.2) is 41.3 Å². The molecule has 0 N–H and O–H groups in total. The fourth-order valence-corrected chi connectivity index (χ4v) is 4.59. The Morgan fingerprint density at radius 1 is 1.13 bits per heavy atom. The number of pyridine rings is 1. The second-order valence-electron chi connectivity index (χ2n) is 8.48. The Bertz CT molecular complexity index is 1130. The zero-order chi connectivity index (χ0) is 21.4. The topological polar surface area (TPSA) is 60.3 Å². The molecule has 162 valence electrons. The summed E-state index contributed by atoms with van der Waals surface area (Å²) in [4.78, 5) is 23.8. The van der Waals surface area contributed by atoms with E-state index in [1.165, 1.54) is 25.5 Å². The summed E-state index contributed by atoms with van der Waals surface area (Å²) in [6.45, 7) is 4.15. The summed E-state index contributed by atoms with van der Waals surface area (Å²) in [7, 11) is 0. The minimum absolute atomic E-state index is 0.225. The molecule has 5 rings (SSSR count). The number of aromatic nitrogens is 3. The molecule has 2 aliphatic rings. The molecule has 1 aliphatic carbocycles. The lowest BCUT2D eigenvalue weighted by Gasteiger charge is -2.41. The Morgan fingerprint density at radius 2 is 1.87 bits per heavy atom. The van der Waals surface area contributed by atoms with E-state index in [9.17, 15) is 9.18 Å². The number of fused-ring (bicyclic) bond motifs is 1. The van der Waals surface area contributed by atoms with E-state index in [2.05, 4.69) is 14.9 Å². The Hall–Kier alpha value is -2.80. The van der Waals surface area contributed by atoms with Crippen molar-refractivity contribution in [2.45, 2.75) is 57.6 Å². The van der Waals surface area contributed by atoms with Gasteiger partial charge in [-0.25, -0.2) is 9.97 Å². The van der Waals surface area contributed by atoms with Crippen LogP contribution in [0.3, 0.4) is 0 Å². The van der Waals surface area contributed by atoms with Gasteiger partial charge in [-0.05, 0) is 49.9 Å². The molecule has 0 unspecified atom stereocenters. The quantitative estimate of drug-likeness (QED) is 0.584. The number of likely N-dealkylation sites (tertiary alicyclic amines) is 1. The van der Waals surface area contributed by atoms with E-state index in [1.807, 2.05) is 31.2 Å². The third-order valence-corrected chi connectivity index (χ3v) is 6.57. The molecule has 1 aromatic carbocycles. The van der Waals surface area contributed by atoms with Gasteiger partial charge in [0.15, 0.2) is 0 Å². The highest BCUT2D eigenvalue weighted by Crippen LogP contribution is 2.28. The molecule has 31 heavy (non-hydrogen) atoms. The summed E-state index contributed by atoms with van der Waals surface area (Å²) in [6.07, 6.45) is 8.27. The third kappa shape index (κ3) is 3.94. The van der Waals surface area contributed by atoms with E-state index < -0.39 is 5.95 Å². The van der Waals surface area contributed by atoms with Gasteiger partial charge in [-0.3, -0.25) is 9.36 Å². The first-order valence-electron chi connectivity index (χ1n) is 11.2. The van der Waals surface area contributed by atoms with E-state index in [-0.39, 0.29) is 17.0 Å². The molecule has 3 heterocycles. The second kappa shape index (κ2) is 8.38. The number of hydrogen-bond donors (Lipinski definition) is 0. The maximum absolute atomic E-state index is 13.6. The van der Waals surface area contributed by atoms with Crippen molar-refractivity contribution in [3.63, 3.8) is 0 Å². The first kappa shape index (κ1) is 20.1. The fourth-order valence-electron chi connectivity index (χ4n) is 4.59. The molecule has 0 amide bonds. The van der Waals surface area contributed by atoms with Crippen molar-refractivity contribution in [2.24, 2.45) is 0 Å². The molecule has 1 saturated carbocycles. The fraction of sp³-hybridized carbons (Fsp3) is 0.458. The number of piperidine rings is 1. The number of ether oxygens (including phenoxy) is 1. The van der Waals surface area contributed by atoms with E-state index in [1.54, 1.807) is 4.57 Å². The van der Waals surface area contributed by atoms with Crippen LogP contribution in [0.5, 0.6) is 5.75 Å². The number of nitrogens with zero attached hydrogens (tertiary/aromatic N) is 4. The molecule has 0 radical (unpaired) electrons. The van der Waals surface area contributed by atoms with Crippen molar-refractivity contribution in [1.82, 2.24) is 19.4 Å². The normalized spacial score (nSPS) is 18.3. The minimum Gasteiger partial charge on any atom is -0.490 e. The van der Waals surface area contributed by atoms with Gasteiger partial charge in [-0.15, -0.1) is 0 Å². The number of hydrogen-bond acceptors (Lipinski definition) is 5. The summed E-state index contributed by atoms with van der Waals surface area (Å²) in [6, 6.07) is 9.47. The summed E-state index contributed by atoms with van der Waals surface area (Å²) in [5, 5.41) is 0.225. The Kier molecular flexibility index (Phi) is 5.44. The van der Waals surface area contributed by atoms with Crippen molar-refractivity contribution >= 4 is 10.9 Å². The number of halogens is 1. The lowest BCUT2D eigenvalue weighted by molar-refractivity contribution is 0.0493. The largest absolute Gasteiger partial charge is 0.490 e. The first-order chi connectivity index (χ1) is 15.1. The van der Waals surface area contributed by atoms with Gasteiger partial charge in [0.2, 0.25) is 5.95 Å². The van der Waals surface area contributed by atoms with Crippen molar-refractivity contribution in [1.29, 1.82) is 0 Å². The van der Waals surface area contributed by atoms with Gasteiger partial charge in [0.25, 0.3) is 5.56 Å². The molecule has 0 spiro atoms. The van der Waals surface area contributed by atoms with E-state index in [0.717, 1.165) is 43.8 Å². The van der Waals surface area contributed by atoms with E-state index in [0.29, 0.717) is 23.4 Å². The van der Waals surface area contributed by atoms with Crippen LogP contribution >= 0.6 is 0 Å². The summed E-state index contributed by atoms with van der Waals surface area (Å²) in [5.41, 5.74) is 0.813. The molecule has 2 fully saturated rings. The maximum atomic E-state index is 13.6. The van der Waals surface area contributed by atoms with Gasteiger partial charge in [0.1, 0.15) is 17.7 Å². The summed E-state index contributed by atoms with van der Waals surface area (Å²) >= 11 is 0. The summed E-state index contributed by atoms with van der Waals surface area (Å²) in [5.74, 6) is 0.734. The molecule has 0 atom stereocenters. The Labute approximate surface area is 180 Å². The lowest BCUT2D eigenvalue weighted by Crippen LogP contribution is -2.46. The highest BCUT2D eigenvalue weighted by Gasteiger charge is 2.29. The number of rotatable bonds is 5. The Balaban J connectivity index is 1.35. The molecule has 1 aliphatic heterocycles. The lowest BCUT2D eigenvalue weighted by atomic mass is 9.90. The second-order valence-corrected chi connectivity index (χ2v) is 8.48. The molecule has 0 bridgehead atoms. The molecule has 1 saturated heterocycles. The van der Waals surface area contributed by atoms with Crippen LogP contribution in [0, 0.1) is 5.95 Å². The maximum Gasteiger partial charge on any atom is 0.266 e. The number of benzene rings is 1. The van der Waals surface area contributed by atoms with Crippen LogP contribution in [0.1, 0.15) is 44.9 Å². The van der Waals surface area contributed by atoms with E-state index in [4.69, 9.17) is 4.74 Å². The highest BCUT2D eigenvalue weighted by atomic mass is 19.1. The average molecular weight is 423 g/mol.